The van der Waals surface area contributed by atoms with Crippen molar-refractivity contribution >= 4 is 28.0 Å². The summed E-state index contributed by atoms with van der Waals surface area (Å²) in [6.07, 6.45) is 3.72. The van der Waals surface area contributed by atoms with Crippen molar-refractivity contribution in [1.82, 2.24) is 34.6 Å². The Morgan fingerprint density at radius 3 is 2.89 bits per heavy atom. The van der Waals surface area contributed by atoms with Crippen molar-refractivity contribution in [3.63, 3.8) is 0 Å². The molecule has 0 atom stereocenters. The van der Waals surface area contributed by atoms with Gasteiger partial charge in [-0.15, -0.1) is 10.2 Å². The van der Waals surface area contributed by atoms with Crippen LogP contribution in [0.1, 0.15) is 40.7 Å². The third-order valence-electron chi connectivity index (χ3n) is 7.21. The zero-order valence-electron chi connectivity index (χ0n) is 20.8. The molecule has 2 aliphatic rings. The lowest BCUT2D eigenvalue weighted by Crippen LogP contribution is -2.32. The van der Waals surface area contributed by atoms with Crippen LogP contribution in [-0.2, 0) is 26.4 Å². The van der Waals surface area contributed by atoms with Crippen LogP contribution in [0.25, 0.3) is 33.6 Å². The van der Waals surface area contributed by atoms with Crippen molar-refractivity contribution in [2.24, 2.45) is 13.0 Å². The molecule has 10 heteroatoms. The SMILES string of the molecule is Cc1nnc(CCOc2cccc3cc(-c4nc5cc6c(nc5n4C)CCNC6=O)n(CC4CC4)c23)o1. The molecule has 37 heavy (non-hydrogen) atoms. The standard InChI is InChI=1S/C27H27N7O3/c1-15-31-32-23(37-15)9-11-36-22-5-3-4-17-12-21(34(24(17)22)14-16-6-7-16)26-30-20-13-18-19(8-10-28-27(18)35)29-25(20)33(26)2/h3-5,12-13,16H,6-11,14H2,1-2H3,(H,28,35). The van der Waals surface area contributed by atoms with Gasteiger partial charge in [-0.25, -0.2) is 9.97 Å². The number of hydrogen-bond donors (Lipinski definition) is 1. The van der Waals surface area contributed by atoms with Gasteiger partial charge >= 0.3 is 0 Å². The molecule has 0 unspecified atom stereocenters. The number of rotatable bonds is 7. The predicted octanol–water partition coefficient (Wildman–Crippen LogP) is 3.60. The van der Waals surface area contributed by atoms with E-state index in [2.05, 4.69) is 32.2 Å². The Bertz CT molecular complexity index is 1670. The zero-order chi connectivity index (χ0) is 25.1. The highest BCUT2D eigenvalue weighted by Crippen LogP contribution is 2.39. The second kappa shape index (κ2) is 8.43. The van der Waals surface area contributed by atoms with Crippen LogP contribution >= 0.6 is 0 Å². The lowest BCUT2D eigenvalue weighted by molar-refractivity contribution is 0.0945. The van der Waals surface area contributed by atoms with E-state index in [-0.39, 0.29) is 5.91 Å². The molecule has 5 aromatic rings. The average Bonchev–Trinajstić information content (AvgIpc) is 3.37. The topological polar surface area (TPSA) is 113 Å². The number of amides is 1. The molecule has 10 nitrogen and oxygen atoms in total. The molecule has 4 aromatic heterocycles. The van der Waals surface area contributed by atoms with Gasteiger partial charge in [0.1, 0.15) is 11.3 Å². The van der Waals surface area contributed by atoms with Crippen molar-refractivity contribution in [2.45, 2.75) is 39.2 Å². The highest BCUT2D eigenvalue weighted by Gasteiger charge is 2.27. The number of imidazole rings is 1. The Hall–Kier alpha value is -4.21. The van der Waals surface area contributed by atoms with Gasteiger partial charge in [-0.1, -0.05) is 12.1 Å². The molecule has 1 amide bonds. The second-order valence-electron chi connectivity index (χ2n) is 9.92. The second-order valence-corrected chi connectivity index (χ2v) is 9.92. The monoisotopic (exact) mass is 497 g/mol. The minimum absolute atomic E-state index is 0.0804. The fourth-order valence-electron chi connectivity index (χ4n) is 5.18. The van der Waals surface area contributed by atoms with Gasteiger partial charge in [-0.2, -0.15) is 0 Å². The number of nitrogens with one attached hydrogen (secondary N) is 1. The number of pyridine rings is 1. The number of para-hydroxylation sites is 1. The van der Waals surface area contributed by atoms with Gasteiger partial charge in [-0.05, 0) is 37.0 Å². The Morgan fingerprint density at radius 1 is 1.19 bits per heavy atom. The highest BCUT2D eigenvalue weighted by molar-refractivity contribution is 5.99. The van der Waals surface area contributed by atoms with Crippen LogP contribution in [0.5, 0.6) is 5.75 Å². The molecule has 7 rings (SSSR count). The number of hydrogen-bond acceptors (Lipinski definition) is 7. The van der Waals surface area contributed by atoms with Crippen LogP contribution in [-0.4, -0.2) is 48.4 Å². The van der Waals surface area contributed by atoms with Gasteiger partial charge in [0.15, 0.2) is 11.5 Å². The van der Waals surface area contributed by atoms with Gasteiger partial charge < -0.3 is 23.6 Å². The highest BCUT2D eigenvalue weighted by atomic mass is 16.5. The number of fused-ring (bicyclic) bond motifs is 3. The lowest BCUT2D eigenvalue weighted by atomic mass is 10.1. The van der Waals surface area contributed by atoms with Crippen molar-refractivity contribution in [1.29, 1.82) is 0 Å². The van der Waals surface area contributed by atoms with Crippen LogP contribution in [0.3, 0.4) is 0 Å². The van der Waals surface area contributed by atoms with Crippen LogP contribution in [0.4, 0.5) is 0 Å². The number of carbonyl (C=O) groups is 1. The molecule has 1 saturated carbocycles. The Kier molecular flexibility index (Phi) is 5.02. The number of aromatic nitrogens is 6. The summed E-state index contributed by atoms with van der Waals surface area (Å²) in [5, 5.41) is 12.0. The Balaban J connectivity index is 1.31. The molecule has 0 saturated heterocycles. The van der Waals surface area contributed by atoms with E-state index in [1.54, 1.807) is 6.92 Å². The molecule has 5 heterocycles. The molecular formula is C27H27N7O3. The fourth-order valence-corrected chi connectivity index (χ4v) is 5.18. The summed E-state index contributed by atoms with van der Waals surface area (Å²) < 4.78 is 16.1. The van der Waals surface area contributed by atoms with Crippen molar-refractivity contribution < 1.29 is 13.9 Å². The summed E-state index contributed by atoms with van der Waals surface area (Å²) in [4.78, 5) is 22.2. The van der Waals surface area contributed by atoms with Gasteiger partial charge in [0, 0.05) is 38.9 Å². The molecule has 0 bridgehead atoms. The minimum atomic E-state index is -0.0804. The summed E-state index contributed by atoms with van der Waals surface area (Å²) in [5.74, 6) is 3.34. The summed E-state index contributed by atoms with van der Waals surface area (Å²) in [6.45, 7) is 3.73. The van der Waals surface area contributed by atoms with Crippen molar-refractivity contribution in [3.8, 4) is 17.3 Å². The maximum Gasteiger partial charge on any atom is 0.253 e. The molecule has 188 valence electrons. The van der Waals surface area contributed by atoms with Crippen LogP contribution in [0.2, 0.25) is 0 Å². The van der Waals surface area contributed by atoms with Crippen LogP contribution in [0.15, 0.2) is 34.7 Å². The maximum absolute atomic E-state index is 12.4. The quantitative estimate of drug-likeness (QED) is 0.366. The van der Waals surface area contributed by atoms with E-state index in [0.717, 1.165) is 58.0 Å². The van der Waals surface area contributed by atoms with E-state index in [9.17, 15) is 4.79 Å². The van der Waals surface area contributed by atoms with Gasteiger partial charge in [0.05, 0.1) is 35.5 Å². The van der Waals surface area contributed by atoms with E-state index in [0.29, 0.717) is 42.8 Å². The first-order chi connectivity index (χ1) is 18.0. The molecular weight excluding hydrogens is 470 g/mol. The summed E-state index contributed by atoms with van der Waals surface area (Å²) >= 11 is 0. The van der Waals surface area contributed by atoms with Crippen molar-refractivity contribution in [2.75, 3.05) is 13.2 Å². The number of nitrogens with zero attached hydrogens (tertiary/aromatic N) is 6. The molecule has 0 radical (unpaired) electrons. The van der Waals surface area contributed by atoms with Crippen molar-refractivity contribution in [3.05, 3.63) is 53.4 Å². The first-order valence-electron chi connectivity index (χ1n) is 12.7. The molecule has 0 spiro atoms. The molecule has 1 aromatic carbocycles. The Labute approximate surface area is 212 Å². The molecule has 1 N–H and O–H groups in total. The predicted molar refractivity (Wildman–Crippen MR) is 136 cm³/mol. The largest absolute Gasteiger partial charge is 0.491 e. The lowest BCUT2D eigenvalue weighted by Gasteiger charge is -2.15. The average molecular weight is 498 g/mol. The first-order valence-corrected chi connectivity index (χ1v) is 12.7. The normalized spacial score (nSPS) is 15.4. The van der Waals surface area contributed by atoms with Gasteiger partial charge in [0.2, 0.25) is 11.8 Å². The molecule has 1 fully saturated rings. The number of carbonyl (C=O) groups excluding carboxylic acids is 1. The van der Waals surface area contributed by atoms with Crippen LogP contribution in [0, 0.1) is 12.8 Å². The summed E-state index contributed by atoms with van der Waals surface area (Å²) in [6, 6.07) is 10.2. The minimum Gasteiger partial charge on any atom is -0.491 e. The van der Waals surface area contributed by atoms with E-state index in [4.69, 9.17) is 19.1 Å². The Morgan fingerprint density at radius 2 is 2.08 bits per heavy atom. The van der Waals surface area contributed by atoms with Gasteiger partial charge in [0.25, 0.3) is 5.91 Å². The van der Waals surface area contributed by atoms with E-state index in [1.165, 1.54) is 12.8 Å². The van der Waals surface area contributed by atoms with E-state index >= 15 is 0 Å². The van der Waals surface area contributed by atoms with E-state index < -0.39 is 0 Å². The number of aryl methyl sites for hydroxylation is 2. The summed E-state index contributed by atoms with van der Waals surface area (Å²) in [5.41, 5.74) is 5.05. The first kappa shape index (κ1) is 22.0. The third kappa shape index (κ3) is 3.83. The summed E-state index contributed by atoms with van der Waals surface area (Å²) in [7, 11) is 2.00. The smallest absolute Gasteiger partial charge is 0.253 e. The van der Waals surface area contributed by atoms with Gasteiger partial charge in [-0.3, -0.25) is 4.79 Å². The third-order valence-corrected chi connectivity index (χ3v) is 7.21. The van der Waals surface area contributed by atoms with Crippen LogP contribution < -0.4 is 10.1 Å². The zero-order valence-corrected chi connectivity index (χ0v) is 20.8. The fraction of sp³-hybridized carbons (Fsp3) is 0.370. The maximum atomic E-state index is 12.4. The number of ether oxygens (including phenoxy) is 1. The molecule has 1 aliphatic carbocycles. The number of benzene rings is 1. The molecule has 1 aliphatic heterocycles. The van der Waals surface area contributed by atoms with E-state index in [1.807, 2.05) is 29.8 Å².